The van der Waals surface area contributed by atoms with Gasteiger partial charge in [-0.05, 0) is 42.6 Å². The highest BCUT2D eigenvalue weighted by Gasteiger charge is 2.73. The van der Waals surface area contributed by atoms with Gasteiger partial charge < -0.3 is 21.4 Å². The minimum atomic E-state index is -6.48. The Morgan fingerprint density at radius 1 is 1.24 bits per heavy atom. The summed E-state index contributed by atoms with van der Waals surface area (Å²) in [5.41, 5.74) is -1.13. The highest BCUT2D eigenvalue weighted by atomic mass is 32.2. The molecule has 0 spiro atoms. The number of hydrogen-bond acceptors (Lipinski definition) is 10. The Bertz CT molecular complexity index is 1170. The molecule has 1 unspecified atom stereocenters. The van der Waals surface area contributed by atoms with Crippen molar-refractivity contribution in [3.05, 3.63) is 53.5 Å². The number of hydrogen-bond donors (Lipinski definition) is 4. The van der Waals surface area contributed by atoms with Crippen molar-refractivity contribution in [2.45, 2.75) is 41.9 Å². The number of anilines is 1. The summed E-state index contributed by atoms with van der Waals surface area (Å²) in [5, 5.41) is 8.20. The average Bonchev–Trinajstić information content (AvgIpc) is 3.47. The molecule has 262 valence electrons. The van der Waals surface area contributed by atoms with Gasteiger partial charge in [0.1, 0.15) is 6.10 Å². The lowest BCUT2D eigenvalue weighted by Gasteiger charge is -2.28. The highest BCUT2D eigenvalue weighted by Crippen LogP contribution is 2.51. The van der Waals surface area contributed by atoms with E-state index in [2.05, 4.69) is 53.9 Å². The smallest absolute Gasteiger partial charge is 0.371 e. The van der Waals surface area contributed by atoms with E-state index in [4.69, 9.17) is 0 Å². The molecule has 0 saturated carbocycles. The molecule has 2 aromatic rings. The Morgan fingerprint density at radius 2 is 1.85 bits per heavy atom. The summed E-state index contributed by atoms with van der Waals surface area (Å²) >= 11 is 1.63. The largest absolute Gasteiger partial charge is 0.460 e. The lowest BCUT2D eigenvalue weighted by atomic mass is 10.0. The fraction of sp³-hybridized carbons (Fsp3) is 0.500. The summed E-state index contributed by atoms with van der Waals surface area (Å²) in [5.74, 6) is -5.88. The Labute approximate surface area is 263 Å². The van der Waals surface area contributed by atoms with Crippen molar-refractivity contribution < 1.29 is 60.1 Å². The second-order valence-corrected chi connectivity index (χ2v) is 10.0. The molecule has 0 radical (unpaired) electrons. The number of aromatic nitrogens is 1. The molecule has 1 aliphatic rings. The molecule has 1 aromatic heterocycles. The van der Waals surface area contributed by atoms with Crippen LogP contribution in [0, 0.1) is 5.82 Å². The van der Waals surface area contributed by atoms with Crippen LogP contribution < -0.4 is 22.4 Å². The first-order chi connectivity index (χ1) is 21.6. The third kappa shape index (κ3) is 13.7. The maximum atomic E-state index is 13.1. The van der Waals surface area contributed by atoms with Crippen LogP contribution in [0.15, 0.2) is 46.5 Å². The number of aldehydes is 1. The SMILES string of the molecule is C=NN.CNc1ncc(C(F)(F)C(F)(F)C(F)(F)F)cc1F.CO[NH3+].O=Cc1ccccc1SCNCCCN1CCC(OF)C1. The zero-order valence-electron chi connectivity index (χ0n) is 24.9. The number of thioether (sulfide) groups is 1. The summed E-state index contributed by atoms with van der Waals surface area (Å²) in [6.07, 6.45) is -3.98. The van der Waals surface area contributed by atoms with Gasteiger partial charge in [-0.25, -0.2) is 20.1 Å². The molecule has 20 heteroatoms. The van der Waals surface area contributed by atoms with Crippen LogP contribution in [0.4, 0.5) is 45.5 Å². The number of quaternary nitrogens is 1. The number of alkyl halides is 7. The van der Waals surface area contributed by atoms with E-state index in [0.717, 1.165) is 62.1 Å². The quantitative estimate of drug-likeness (QED) is 0.0371. The predicted octanol–water partition coefficient (Wildman–Crippen LogP) is 4.41. The minimum Gasteiger partial charge on any atom is -0.371 e. The summed E-state index contributed by atoms with van der Waals surface area (Å²) in [4.78, 5) is 25.0. The van der Waals surface area contributed by atoms with Crippen LogP contribution in [0.25, 0.3) is 0 Å². The number of pyridine rings is 1. The topological polar surface area (TPSA) is 142 Å². The molecule has 1 saturated heterocycles. The Kier molecular flexibility index (Phi) is 20.1. The van der Waals surface area contributed by atoms with Crippen LogP contribution in [-0.2, 0) is 15.7 Å². The summed E-state index contributed by atoms with van der Waals surface area (Å²) in [6.45, 7) is 6.37. The fourth-order valence-corrected chi connectivity index (χ4v) is 4.42. The predicted molar refractivity (Wildman–Crippen MR) is 154 cm³/mol. The van der Waals surface area contributed by atoms with Crippen molar-refractivity contribution in [2.24, 2.45) is 10.9 Å². The minimum absolute atomic E-state index is 0.0502. The first kappa shape index (κ1) is 42.8. The van der Waals surface area contributed by atoms with Crippen molar-refractivity contribution >= 4 is 30.6 Å². The van der Waals surface area contributed by atoms with Crippen LogP contribution in [0.5, 0.6) is 0 Å². The molecular formula is C26H37F9N7O3S+. The fourth-order valence-electron chi connectivity index (χ4n) is 3.56. The maximum absolute atomic E-state index is 13.1. The van der Waals surface area contributed by atoms with E-state index in [1.54, 1.807) is 11.8 Å². The molecule has 0 bridgehead atoms. The van der Waals surface area contributed by atoms with Gasteiger partial charge in [0, 0.05) is 55.0 Å². The number of carbonyl (C=O) groups excluding carboxylic acids is 1. The first-order valence-corrected chi connectivity index (χ1v) is 14.1. The Hall–Kier alpha value is -3.17. The standard InChI is InChI=1S/C15H21FN2O2S.C9H6F8N2.CH4N2.CH6NO/c16-20-14-6-9-18(10-14)8-3-7-17-12-21-15-5-2-1-4-13(15)11-19;1-18-6-5(10)2-4(3-19-6)7(11,12)8(13,14)9(15,16)17;2*1-3-2/h1-2,4-5,11,14,17H,3,6-10,12H2;2-3H,1H3,(H,18,19);1-2H2;1-2H3/q;;;+1. The second kappa shape index (κ2) is 21.6. The molecule has 1 atom stereocenters. The molecule has 10 nitrogen and oxygen atoms in total. The number of halogens is 9. The maximum Gasteiger partial charge on any atom is 0.460 e. The molecule has 0 amide bonds. The van der Waals surface area contributed by atoms with E-state index in [0.29, 0.717) is 6.54 Å². The third-order valence-corrected chi connectivity index (χ3v) is 6.78. The number of nitrogens with one attached hydrogen (secondary N) is 2. The zero-order chi connectivity index (χ0) is 35.4. The van der Waals surface area contributed by atoms with Gasteiger partial charge in [-0.1, -0.05) is 18.2 Å². The number of hydrazone groups is 1. The number of likely N-dealkylation sites (tertiary alicyclic amines) is 1. The van der Waals surface area contributed by atoms with Gasteiger partial charge in [-0.2, -0.15) is 40.8 Å². The molecule has 1 aliphatic heterocycles. The van der Waals surface area contributed by atoms with Crippen LogP contribution in [0.3, 0.4) is 0 Å². The number of nitrogens with two attached hydrogens (primary N) is 1. The van der Waals surface area contributed by atoms with Crippen LogP contribution in [0.2, 0.25) is 0 Å². The summed E-state index contributed by atoms with van der Waals surface area (Å²) in [7, 11) is 2.67. The lowest BCUT2D eigenvalue weighted by Crippen LogP contribution is -2.50. The van der Waals surface area contributed by atoms with Gasteiger partial charge in [-0.15, -0.1) is 11.8 Å². The summed E-state index contributed by atoms with van der Waals surface area (Å²) in [6, 6.07) is 7.46. The zero-order valence-corrected chi connectivity index (χ0v) is 25.8. The molecular weight excluding hydrogens is 661 g/mol. The van der Waals surface area contributed by atoms with E-state index in [1.165, 1.54) is 7.11 Å². The molecule has 2 heterocycles. The normalized spacial score (nSPS) is 14.9. The molecule has 3 rings (SSSR count). The highest BCUT2D eigenvalue weighted by molar-refractivity contribution is 7.99. The number of benzene rings is 1. The third-order valence-electron chi connectivity index (χ3n) is 5.75. The van der Waals surface area contributed by atoms with Gasteiger partial charge in [0.25, 0.3) is 0 Å². The van der Waals surface area contributed by atoms with E-state index in [9.17, 15) is 44.4 Å². The Balaban J connectivity index is 0.000000755. The van der Waals surface area contributed by atoms with Crippen molar-refractivity contribution in [3.63, 3.8) is 0 Å². The van der Waals surface area contributed by atoms with E-state index in [-0.39, 0.29) is 18.4 Å². The van der Waals surface area contributed by atoms with Gasteiger partial charge in [-0.3, -0.25) is 4.79 Å². The van der Waals surface area contributed by atoms with Crippen LogP contribution in [-0.4, -0.2) is 87.3 Å². The van der Waals surface area contributed by atoms with Crippen molar-refractivity contribution in [1.29, 1.82) is 0 Å². The summed E-state index contributed by atoms with van der Waals surface area (Å²) < 4.78 is 112. The van der Waals surface area contributed by atoms with Crippen molar-refractivity contribution in [1.82, 2.24) is 15.2 Å². The van der Waals surface area contributed by atoms with E-state index in [1.807, 2.05) is 24.3 Å². The van der Waals surface area contributed by atoms with Crippen LogP contribution >= 0.6 is 11.8 Å². The number of nitrogens with zero attached hydrogens (tertiary/aromatic N) is 3. The molecule has 0 aliphatic carbocycles. The molecule has 1 aromatic carbocycles. The van der Waals surface area contributed by atoms with Gasteiger partial charge in [0.05, 0.1) is 7.11 Å². The number of rotatable bonds is 12. The van der Waals surface area contributed by atoms with Crippen LogP contribution in [0.1, 0.15) is 28.8 Å². The average molecular weight is 699 g/mol. The van der Waals surface area contributed by atoms with Gasteiger partial charge >= 0.3 is 18.0 Å². The first-order valence-electron chi connectivity index (χ1n) is 13.1. The monoisotopic (exact) mass is 698 g/mol. The molecule has 7 N–H and O–H groups in total. The van der Waals surface area contributed by atoms with Crippen molar-refractivity contribution in [2.75, 3.05) is 51.5 Å². The Morgan fingerprint density at radius 3 is 2.35 bits per heavy atom. The number of carbonyl (C=O) groups is 1. The molecule has 1 fully saturated rings. The van der Waals surface area contributed by atoms with Gasteiger partial charge in [0.15, 0.2) is 17.9 Å². The van der Waals surface area contributed by atoms with Crippen molar-refractivity contribution in [3.8, 4) is 0 Å². The van der Waals surface area contributed by atoms with Gasteiger partial charge in [0.2, 0.25) is 0 Å². The van der Waals surface area contributed by atoms with E-state index >= 15 is 0 Å². The van der Waals surface area contributed by atoms with E-state index < -0.39 is 35.2 Å². The second-order valence-electron chi connectivity index (χ2n) is 9.02. The lowest BCUT2D eigenvalue weighted by molar-refractivity contribution is -0.679. The molecule has 46 heavy (non-hydrogen) atoms.